The second-order valence-electron chi connectivity index (χ2n) is 4.89. The van der Waals surface area contributed by atoms with Crippen molar-refractivity contribution < 1.29 is 0 Å². The summed E-state index contributed by atoms with van der Waals surface area (Å²) in [6, 6.07) is 9.23. The van der Waals surface area contributed by atoms with Gasteiger partial charge in [-0.15, -0.1) is 11.3 Å². The lowest BCUT2D eigenvalue weighted by Crippen LogP contribution is -2.42. The lowest BCUT2D eigenvalue weighted by atomic mass is 10.0. The van der Waals surface area contributed by atoms with Crippen molar-refractivity contribution in [1.29, 1.82) is 0 Å². The molecule has 2 N–H and O–H groups in total. The summed E-state index contributed by atoms with van der Waals surface area (Å²) in [7, 11) is 0. The van der Waals surface area contributed by atoms with E-state index in [1.54, 1.807) is 0 Å². The summed E-state index contributed by atoms with van der Waals surface area (Å²) in [5, 5.41) is 1.39. The molecule has 1 aromatic carbocycles. The van der Waals surface area contributed by atoms with Gasteiger partial charge in [-0.2, -0.15) is 0 Å². The molecule has 1 aliphatic rings. The molecule has 2 nitrogen and oxygen atoms in total. The Hall–Kier alpha value is -1.06. The molecule has 1 unspecified atom stereocenters. The molecule has 0 aliphatic carbocycles. The maximum absolute atomic E-state index is 6.07. The summed E-state index contributed by atoms with van der Waals surface area (Å²) in [6.45, 7) is 4.31. The van der Waals surface area contributed by atoms with Gasteiger partial charge in [0.05, 0.1) is 0 Å². The number of thiophene rings is 1. The van der Waals surface area contributed by atoms with Crippen LogP contribution in [0.1, 0.15) is 17.7 Å². The highest BCUT2D eigenvalue weighted by atomic mass is 32.1. The Morgan fingerprint density at radius 2 is 2.29 bits per heavy atom. The van der Waals surface area contributed by atoms with E-state index < -0.39 is 0 Å². The summed E-state index contributed by atoms with van der Waals surface area (Å²) in [6.07, 6.45) is 2.37. The Labute approximate surface area is 106 Å². The Kier molecular flexibility index (Phi) is 2.81. The second kappa shape index (κ2) is 4.31. The lowest BCUT2D eigenvalue weighted by molar-refractivity contribution is 0.507. The van der Waals surface area contributed by atoms with Gasteiger partial charge in [0.1, 0.15) is 0 Å². The molecule has 0 radical (unpaired) electrons. The molecule has 3 heteroatoms. The summed E-state index contributed by atoms with van der Waals surface area (Å²) in [5.74, 6) is 0. The molecule has 3 rings (SSSR count). The molecular weight excluding hydrogens is 228 g/mol. The molecule has 17 heavy (non-hydrogen) atoms. The van der Waals surface area contributed by atoms with E-state index in [0.717, 1.165) is 19.5 Å². The molecular formula is C14H18N2S. The van der Waals surface area contributed by atoms with Crippen LogP contribution in [0.15, 0.2) is 24.3 Å². The van der Waals surface area contributed by atoms with E-state index in [-0.39, 0.29) is 0 Å². The molecule has 0 bridgehead atoms. The third-order valence-corrected chi connectivity index (χ3v) is 4.48. The minimum atomic E-state index is 0.332. The quantitative estimate of drug-likeness (QED) is 0.837. The first-order valence-electron chi connectivity index (χ1n) is 6.24. The number of hydrogen-bond donors (Lipinski definition) is 1. The van der Waals surface area contributed by atoms with Crippen molar-refractivity contribution >= 4 is 27.1 Å². The van der Waals surface area contributed by atoms with Crippen LogP contribution in [-0.2, 0) is 0 Å². The zero-order valence-electron chi connectivity index (χ0n) is 10.1. The number of anilines is 1. The third kappa shape index (κ3) is 2.05. The van der Waals surface area contributed by atoms with Crippen molar-refractivity contribution in [2.75, 3.05) is 18.0 Å². The van der Waals surface area contributed by atoms with Crippen molar-refractivity contribution in [3.8, 4) is 0 Å². The maximum Gasteiger partial charge on any atom is 0.0455 e. The Morgan fingerprint density at radius 1 is 1.41 bits per heavy atom. The maximum atomic E-state index is 6.07. The van der Waals surface area contributed by atoms with Crippen LogP contribution >= 0.6 is 11.3 Å². The highest BCUT2D eigenvalue weighted by Crippen LogP contribution is 2.34. The SMILES string of the molecule is Cc1cc2c(N3CCCC(N)C3)cccc2s1. The number of piperidine rings is 1. The third-order valence-electron chi connectivity index (χ3n) is 3.46. The molecule has 0 saturated carbocycles. The zero-order valence-corrected chi connectivity index (χ0v) is 11.0. The molecule has 1 atom stereocenters. The lowest BCUT2D eigenvalue weighted by Gasteiger charge is -2.33. The monoisotopic (exact) mass is 246 g/mol. The van der Waals surface area contributed by atoms with Crippen molar-refractivity contribution in [2.45, 2.75) is 25.8 Å². The van der Waals surface area contributed by atoms with Crippen LogP contribution < -0.4 is 10.6 Å². The Bertz CT molecular complexity index is 532. The molecule has 2 aromatic rings. The van der Waals surface area contributed by atoms with Crippen molar-refractivity contribution in [3.63, 3.8) is 0 Å². The van der Waals surface area contributed by atoms with Crippen LogP contribution in [0, 0.1) is 6.92 Å². The van der Waals surface area contributed by atoms with E-state index >= 15 is 0 Å². The van der Waals surface area contributed by atoms with E-state index in [0.29, 0.717) is 6.04 Å². The van der Waals surface area contributed by atoms with Crippen LogP contribution in [0.25, 0.3) is 10.1 Å². The topological polar surface area (TPSA) is 29.3 Å². The average molecular weight is 246 g/mol. The van der Waals surface area contributed by atoms with E-state index in [1.807, 2.05) is 11.3 Å². The molecule has 0 spiro atoms. The number of rotatable bonds is 1. The molecule has 0 amide bonds. The summed E-state index contributed by atoms with van der Waals surface area (Å²) < 4.78 is 1.39. The van der Waals surface area contributed by atoms with Crippen LogP contribution in [0.3, 0.4) is 0 Å². The number of hydrogen-bond acceptors (Lipinski definition) is 3. The highest BCUT2D eigenvalue weighted by molar-refractivity contribution is 7.19. The standard InChI is InChI=1S/C14H18N2S/c1-10-8-12-13(5-2-6-14(12)17-10)16-7-3-4-11(15)9-16/h2,5-6,8,11H,3-4,7,9,15H2,1H3. The first kappa shape index (κ1) is 11.1. The second-order valence-corrected chi connectivity index (χ2v) is 6.18. The van der Waals surface area contributed by atoms with Gasteiger partial charge in [0, 0.05) is 39.8 Å². The number of nitrogens with zero attached hydrogens (tertiary/aromatic N) is 1. The summed E-state index contributed by atoms with van der Waals surface area (Å²) in [4.78, 5) is 3.83. The van der Waals surface area contributed by atoms with Gasteiger partial charge in [-0.25, -0.2) is 0 Å². The Balaban J connectivity index is 2.04. The molecule has 1 aliphatic heterocycles. The van der Waals surface area contributed by atoms with E-state index in [1.165, 1.54) is 27.1 Å². The zero-order chi connectivity index (χ0) is 11.8. The first-order valence-corrected chi connectivity index (χ1v) is 7.05. The van der Waals surface area contributed by atoms with Gasteiger partial charge < -0.3 is 10.6 Å². The largest absolute Gasteiger partial charge is 0.369 e. The molecule has 2 heterocycles. The Morgan fingerprint density at radius 3 is 3.12 bits per heavy atom. The van der Waals surface area contributed by atoms with Crippen LogP contribution in [0.4, 0.5) is 5.69 Å². The fourth-order valence-corrected chi connectivity index (χ4v) is 3.62. The number of aryl methyl sites for hydroxylation is 1. The van der Waals surface area contributed by atoms with Crippen molar-refractivity contribution in [2.24, 2.45) is 5.73 Å². The van der Waals surface area contributed by atoms with Gasteiger partial charge in [0.15, 0.2) is 0 Å². The number of fused-ring (bicyclic) bond motifs is 1. The number of nitrogens with two attached hydrogens (primary N) is 1. The molecule has 1 aromatic heterocycles. The van der Waals surface area contributed by atoms with Gasteiger partial charge in [-0.3, -0.25) is 0 Å². The first-order chi connectivity index (χ1) is 8.24. The predicted molar refractivity (Wildman–Crippen MR) is 76.0 cm³/mol. The van der Waals surface area contributed by atoms with E-state index in [2.05, 4.69) is 36.1 Å². The van der Waals surface area contributed by atoms with Gasteiger partial charge in [0.25, 0.3) is 0 Å². The van der Waals surface area contributed by atoms with Crippen LogP contribution in [0.5, 0.6) is 0 Å². The van der Waals surface area contributed by atoms with E-state index in [9.17, 15) is 0 Å². The molecule has 1 fully saturated rings. The van der Waals surface area contributed by atoms with Crippen LogP contribution in [0.2, 0.25) is 0 Å². The predicted octanol–water partition coefficient (Wildman–Crippen LogP) is 3.14. The van der Waals surface area contributed by atoms with Gasteiger partial charge in [-0.05, 0) is 38.0 Å². The van der Waals surface area contributed by atoms with Gasteiger partial charge >= 0.3 is 0 Å². The fourth-order valence-electron chi connectivity index (χ4n) is 2.68. The van der Waals surface area contributed by atoms with Gasteiger partial charge in [-0.1, -0.05) is 6.07 Å². The normalized spacial score (nSPS) is 21.1. The minimum Gasteiger partial charge on any atom is -0.369 e. The van der Waals surface area contributed by atoms with Crippen molar-refractivity contribution in [1.82, 2.24) is 0 Å². The smallest absolute Gasteiger partial charge is 0.0455 e. The van der Waals surface area contributed by atoms with Crippen molar-refractivity contribution in [3.05, 3.63) is 29.1 Å². The highest BCUT2D eigenvalue weighted by Gasteiger charge is 2.18. The molecule has 1 saturated heterocycles. The van der Waals surface area contributed by atoms with Crippen LogP contribution in [-0.4, -0.2) is 19.1 Å². The number of benzene rings is 1. The minimum absolute atomic E-state index is 0.332. The average Bonchev–Trinajstić information content (AvgIpc) is 2.68. The van der Waals surface area contributed by atoms with Gasteiger partial charge in [0.2, 0.25) is 0 Å². The fraction of sp³-hybridized carbons (Fsp3) is 0.429. The van der Waals surface area contributed by atoms with E-state index in [4.69, 9.17) is 5.73 Å². The summed E-state index contributed by atoms with van der Waals surface area (Å²) in [5.41, 5.74) is 7.44. The molecule has 90 valence electrons. The summed E-state index contributed by atoms with van der Waals surface area (Å²) >= 11 is 1.87.